The van der Waals surface area contributed by atoms with Gasteiger partial charge in [-0.1, -0.05) is 30.8 Å². The van der Waals surface area contributed by atoms with Crippen LogP contribution in [0.1, 0.15) is 17.0 Å². The van der Waals surface area contributed by atoms with E-state index in [4.69, 9.17) is 27.9 Å². The van der Waals surface area contributed by atoms with Crippen molar-refractivity contribution < 1.29 is 4.74 Å². The lowest BCUT2D eigenvalue weighted by molar-refractivity contribution is 0.185. The summed E-state index contributed by atoms with van der Waals surface area (Å²) in [5, 5.41) is 0.685. The van der Waals surface area contributed by atoms with Crippen LogP contribution in [0.15, 0.2) is 35.6 Å². The fourth-order valence-corrected chi connectivity index (χ4v) is 2.89. The predicted octanol–water partition coefficient (Wildman–Crippen LogP) is 3.77. The number of halogens is 2. The maximum absolute atomic E-state index is 6.00. The maximum Gasteiger partial charge on any atom is 0.222 e. The maximum atomic E-state index is 6.00. The number of ether oxygens (including phenoxy) is 1. The predicted molar refractivity (Wildman–Crippen MR) is 90.0 cm³/mol. The number of rotatable bonds is 4. The average molecular weight is 340 g/mol. The number of hydrogen-bond donors (Lipinski definition) is 0. The molecule has 0 saturated carbocycles. The number of allylic oxidation sites excluding steroid dienone is 1. The van der Waals surface area contributed by atoms with Crippen molar-refractivity contribution in [3.8, 4) is 0 Å². The Hall–Kier alpha value is -1.36. The van der Waals surface area contributed by atoms with Crippen LogP contribution in [0.4, 0.5) is 0 Å². The summed E-state index contributed by atoms with van der Waals surface area (Å²) in [5.74, 6) is 0.625. The van der Waals surface area contributed by atoms with E-state index in [1.165, 1.54) is 0 Å². The molecule has 0 aliphatic carbocycles. The Kier molecular flexibility index (Phi) is 5.62. The van der Waals surface area contributed by atoms with E-state index in [0.717, 1.165) is 35.6 Å². The molecule has 1 aromatic rings. The third-order valence-corrected chi connectivity index (χ3v) is 3.95. The van der Waals surface area contributed by atoms with E-state index in [1.54, 1.807) is 6.08 Å². The van der Waals surface area contributed by atoms with Crippen LogP contribution in [0.2, 0.25) is 5.28 Å². The minimum atomic E-state index is 0.283. The Balaban J connectivity index is 2.24. The summed E-state index contributed by atoms with van der Waals surface area (Å²) in [6, 6.07) is 0. The van der Waals surface area contributed by atoms with Gasteiger partial charge in [-0.2, -0.15) is 0 Å². The van der Waals surface area contributed by atoms with E-state index >= 15 is 0 Å². The smallest absolute Gasteiger partial charge is 0.222 e. The molecule has 0 unspecified atom stereocenters. The Morgan fingerprint density at radius 2 is 2.00 bits per heavy atom. The standard InChI is InChI=1S/C16H19Cl2N3O/c1-5-13-8-21(6-7-22-15(13)10(2)17)9-14-11(3)19-16(18)20-12(14)4/h5H,1-2,6-9H2,3-4H3. The van der Waals surface area contributed by atoms with Crippen molar-refractivity contribution in [3.63, 3.8) is 0 Å². The molecule has 4 nitrogen and oxygen atoms in total. The van der Waals surface area contributed by atoms with Crippen molar-refractivity contribution in [2.45, 2.75) is 20.4 Å². The first-order valence-electron chi connectivity index (χ1n) is 6.97. The molecule has 0 bridgehead atoms. The second kappa shape index (κ2) is 7.27. The zero-order valence-corrected chi connectivity index (χ0v) is 14.3. The van der Waals surface area contributed by atoms with Crippen LogP contribution in [0.5, 0.6) is 0 Å². The van der Waals surface area contributed by atoms with E-state index in [1.807, 2.05) is 13.8 Å². The normalized spacial score (nSPS) is 16.2. The second-order valence-corrected chi connectivity index (χ2v) is 5.96. The highest BCUT2D eigenvalue weighted by Crippen LogP contribution is 2.24. The summed E-state index contributed by atoms with van der Waals surface area (Å²) in [6.45, 7) is 14.2. The summed E-state index contributed by atoms with van der Waals surface area (Å²) in [4.78, 5) is 10.7. The highest BCUT2D eigenvalue weighted by atomic mass is 35.5. The van der Waals surface area contributed by atoms with E-state index in [-0.39, 0.29) is 5.28 Å². The molecule has 1 aliphatic rings. The molecule has 22 heavy (non-hydrogen) atoms. The molecule has 0 saturated heterocycles. The zero-order valence-electron chi connectivity index (χ0n) is 12.8. The molecule has 0 spiro atoms. The average Bonchev–Trinajstić information content (AvgIpc) is 2.64. The van der Waals surface area contributed by atoms with Crippen molar-refractivity contribution in [1.82, 2.24) is 14.9 Å². The molecule has 0 amide bonds. The number of hydrogen-bond acceptors (Lipinski definition) is 4. The Morgan fingerprint density at radius 1 is 1.36 bits per heavy atom. The quantitative estimate of drug-likeness (QED) is 0.782. The van der Waals surface area contributed by atoms with Gasteiger partial charge in [0, 0.05) is 42.2 Å². The first-order chi connectivity index (χ1) is 10.4. The fraction of sp³-hybridized carbons (Fsp3) is 0.375. The molecular weight excluding hydrogens is 321 g/mol. The lowest BCUT2D eigenvalue weighted by Crippen LogP contribution is -2.28. The van der Waals surface area contributed by atoms with Crippen LogP contribution in [-0.4, -0.2) is 34.6 Å². The molecule has 1 aliphatic heterocycles. The largest absolute Gasteiger partial charge is 0.490 e. The topological polar surface area (TPSA) is 38.2 Å². The number of nitrogens with zero attached hydrogens (tertiary/aromatic N) is 3. The van der Waals surface area contributed by atoms with Gasteiger partial charge in [0.05, 0.1) is 5.03 Å². The molecule has 2 rings (SSSR count). The summed E-state index contributed by atoms with van der Waals surface area (Å²) >= 11 is 11.9. The van der Waals surface area contributed by atoms with Gasteiger partial charge in [-0.15, -0.1) is 0 Å². The molecule has 6 heteroatoms. The summed E-state index contributed by atoms with van der Waals surface area (Å²) in [6.07, 6.45) is 1.76. The Labute approximate surface area is 141 Å². The number of aryl methyl sites for hydroxylation is 2. The summed E-state index contributed by atoms with van der Waals surface area (Å²) < 4.78 is 5.70. The van der Waals surface area contributed by atoms with E-state index in [0.29, 0.717) is 23.9 Å². The van der Waals surface area contributed by atoms with Crippen LogP contribution in [0.25, 0.3) is 0 Å². The van der Waals surface area contributed by atoms with Crippen molar-refractivity contribution in [1.29, 1.82) is 0 Å². The van der Waals surface area contributed by atoms with E-state index in [2.05, 4.69) is 28.0 Å². The fourth-order valence-electron chi connectivity index (χ4n) is 2.46. The first-order valence-corrected chi connectivity index (χ1v) is 7.73. The molecule has 0 fully saturated rings. The van der Waals surface area contributed by atoms with Gasteiger partial charge in [0.15, 0.2) is 0 Å². The highest BCUT2D eigenvalue weighted by molar-refractivity contribution is 6.31. The van der Waals surface area contributed by atoms with Gasteiger partial charge < -0.3 is 4.74 Å². The third-order valence-electron chi connectivity index (χ3n) is 3.61. The third kappa shape index (κ3) is 3.88. The minimum Gasteiger partial charge on any atom is -0.490 e. The molecule has 2 heterocycles. The molecule has 1 aromatic heterocycles. The molecule has 0 N–H and O–H groups in total. The summed E-state index contributed by atoms with van der Waals surface area (Å²) in [7, 11) is 0. The van der Waals surface area contributed by atoms with Gasteiger partial charge >= 0.3 is 0 Å². The Bertz CT molecular complexity index is 617. The molecule has 0 radical (unpaired) electrons. The molecule has 0 atom stereocenters. The van der Waals surface area contributed by atoms with Gasteiger partial charge in [-0.05, 0) is 25.4 Å². The van der Waals surface area contributed by atoms with E-state index < -0.39 is 0 Å². The van der Waals surface area contributed by atoms with Crippen LogP contribution in [0, 0.1) is 13.8 Å². The minimum absolute atomic E-state index is 0.283. The van der Waals surface area contributed by atoms with Crippen molar-refractivity contribution in [2.24, 2.45) is 0 Å². The van der Waals surface area contributed by atoms with Crippen LogP contribution >= 0.6 is 23.2 Å². The van der Waals surface area contributed by atoms with Gasteiger partial charge in [0.25, 0.3) is 0 Å². The van der Waals surface area contributed by atoms with Crippen molar-refractivity contribution in [2.75, 3.05) is 19.7 Å². The van der Waals surface area contributed by atoms with Gasteiger partial charge in [-0.3, -0.25) is 4.90 Å². The lowest BCUT2D eigenvalue weighted by Gasteiger charge is -2.21. The molecule has 118 valence electrons. The van der Waals surface area contributed by atoms with E-state index in [9.17, 15) is 0 Å². The van der Waals surface area contributed by atoms with Gasteiger partial charge in [0.2, 0.25) is 5.28 Å². The lowest BCUT2D eigenvalue weighted by atomic mass is 10.1. The SMILES string of the molecule is C=CC1=C(C(=C)Cl)OCCN(Cc2c(C)nc(Cl)nc2C)C1. The van der Waals surface area contributed by atoms with Gasteiger partial charge in [0.1, 0.15) is 12.4 Å². The Morgan fingerprint density at radius 3 is 2.55 bits per heavy atom. The molecule has 0 aromatic carbocycles. The van der Waals surface area contributed by atoms with Gasteiger partial charge in [-0.25, -0.2) is 9.97 Å². The van der Waals surface area contributed by atoms with Crippen molar-refractivity contribution >= 4 is 23.2 Å². The van der Waals surface area contributed by atoms with Crippen LogP contribution in [-0.2, 0) is 11.3 Å². The van der Waals surface area contributed by atoms with Crippen molar-refractivity contribution in [3.05, 3.63) is 57.8 Å². The highest BCUT2D eigenvalue weighted by Gasteiger charge is 2.19. The monoisotopic (exact) mass is 339 g/mol. The summed E-state index contributed by atoms with van der Waals surface area (Å²) in [5.41, 5.74) is 3.81. The van der Waals surface area contributed by atoms with Crippen LogP contribution in [0.3, 0.4) is 0 Å². The van der Waals surface area contributed by atoms with Crippen LogP contribution < -0.4 is 0 Å². The second-order valence-electron chi connectivity index (χ2n) is 5.16. The number of aromatic nitrogens is 2. The first kappa shape index (κ1) is 17.0. The zero-order chi connectivity index (χ0) is 16.3. The molecular formula is C16H19Cl2N3O.